The summed E-state index contributed by atoms with van der Waals surface area (Å²) in [5, 5.41) is 0. The Kier molecular flexibility index (Phi) is 53.9. The van der Waals surface area contributed by atoms with Gasteiger partial charge in [0.05, 0.1) is 0 Å². The summed E-state index contributed by atoms with van der Waals surface area (Å²) in [4.78, 5) is 10.5. The molecule has 0 aliphatic carbocycles. The van der Waals surface area contributed by atoms with E-state index in [0.29, 0.717) is 5.78 Å². The van der Waals surface area contributed by atoms with Crippen LogP contribution in [0.2, 0.25) is 0 Å². The van der Waals surface area contributed by atoms with Gasteiger partial charge in [-0.25, -0.2) is 0 Å². The van der Waals surface area contributed by atoms with Gasteiger partial charge >= 0.3 is 0 Å². The predicted octanol–water partition coefficient (Wildman–Crippen LogP) is 12.3. The molecule has 0 spiro atoms. The van der Waals surface area contributed by atoms with E-state index < -0.39 is 0 Å². The Morgan fingerprint density at radius 2 is 0.531 bits per heavy atom. The second-order valence-electron chi connectivity index (χ2n) is 9.40. The number of ketones is 1. The molecule has 0 saturated carbocycles. The van der Waals surface area contributed by atoms with Gasteiger partial charge in [0, 0.05) is 6.42 Å². The van der Waals surface area contributed by atoms with Gasteiger partial charge in [0.15, 0.2) is 0 Å². The Labute approximate surface area is 207 Å². The minimum absolute atomic E-state index is 0.334. The van der Waals surface area contributed by atoms with Crippen molar-refractivity contribution in [2.24, 2.45) is 0 Å². The lowest BCUT2D eigenvalue weighted by molar-refractivity contribution is -0.117. The number of hydrogen-bond donors (Lipinski definition) is 0. The van der Waals surface area contributed by atoms with Crippen LogP contribution in [0.3, 0.4) is 0 Å². The molecule has 0 N–H and O–H groups in total. The normalized spacial score (nSPS) is 9.62. The molecule has 32 heavy (non-hydrogen) atoms. The van der Waals surface area contributed by atoms with Crippen molar-refractivity contribution in [1.82, 2.24) is 0 Å². The third-order valence-corrected chi connectivity index (χ3v) is 5.50. The van der Waals surface area contributed by atoms with Crippen molar-refractivity contribution in [3.05, 3.63) is 0 Å². The summed E-state index contributed by atoms with van der Waals surface area (Å²) in [5.74, 6) is 0.334. The van der Waals surface area contributed by atoms with Crippen LogP contribution in [0.25, 0.3) is 0 Å². The minimum atomic E-state index is 0.334. The lowest BCUT2D eigenvalue weighted by Gasteiger charge is -1.97. The van der Waals surface area contributed by atoms with Gasteiger partial charge in [-0.3, -0.25) is 0 Å². The minimum Gasteiger partial charge on any atom is -0.300 e. The molecule has 0 amide bonds. The molecule has 0 heterocycles. The molecule has 0 fully saturated rings. The maximum absolute atomic E-state index is 10.5. The third kappa shape index (κ3) is 63.0. The number of rotatable bonds is 19. The first kappa shape index (κ1) is 38.9. The molecule has 0 radical (unpaired) electrons. The molecule has 0 aliphatic heterocycles. The highest BCUT2D eigenvalue weighted by atomic mass is 16.1. The first-order chi connectivity index (χ1) is 15.5. The fourth-order valence-electron chi connectivity index (χ4n) is 3.18. The van der Waals surface area contributed by atoms with E-state index in [2.05, 4.69) is 48.5 Å². The summed E-state index contributed by atoms with van der Waals surface area (Å²) < 4.78 is 0. The quantitative estimate of drug-likeness (QED) is 0.176. The zero-order chi connectivity index (χ0) is 25.1. The van der Waals surface area contributed by atoms with Crippen molar-refractivity contribution in [1.29, 1.82) is 0 Å². The van der Waals surface area contributed by atoms with Crippen LogP contribution < -0.4 is 0 Å². The van der Waals surface area contributed by atoms with Crippen molar-refractivity contribution in [2.45, 2.75) is 197 Å². The summed E-state index contributed by atoms with van der Waals surface area (Å²) in [5.41, 5.74) is 0. The highest BCUT2D eigenvalue weighted by Crippen LogP contribution is 2.06. The van der Waals surface area contributed by atoms with E-state index in [-0.39, 0.29) is 0 Å². The second kappa shape index (κ2) is 44.4. The first-order valence-corrected chi connectivity index (χ1v) is 15.0. The summed E-state index contributed by atoms with van der Waals surface area (Å²) >= 11 is 0. The van der Waals surface area contributed by atoms with Crippen molar-refractivity contribution in [3.63, 3.8) is 0 Å². The van der Waals surface area contributed by atoms with Gasteiger partial charge in [0.25, 0.3) is 0 Å². The summed E-state index contributed by atoms with van der Waals surface area (Å²) in [6, 6.07) is 0. The highest BCUT2D eigenvalue weighted by molar-refractivity contribution is 5.75. The topological polar surface area (TPSA) is 17.1 Å². The summed E-state index contributed by atoms with van der Waals surface area (Å²) in [6.45, 7) is 17.4. The van der Waals surface area contributed by atoms with Gasteiger partial charge in [-0.1, -0.05) is 177 Å². The molecule has 0 aromatic heterocycles. The average molecular weight is 457 g/mol. The molecule has 1 heteroatoms. The van der Waals surface area contributed by atoms with E-state index in [9.17, 15) is 4.79 Å². The average Bonchev–Trinajstić information content (AvgIpc) is 2.78. The highest BCUT2D eigenvalue weighted by Gasteiger charge is 1.93. The van der Waals surface area contributed by atoms with Crippen LogP contribution in [-0.4, -0.2) is 5.78 Å². The number of hydrogen-bond acceptors (Lipinski definition) is 1. The standard InChI is InChI=1S/C10H20O.3C7H16/c1-3-4-5-6-7-8-9-10(2)11;3*1-3-5-7-6-4-2/h3-9H2,1-2H3;3*3-7H2,1-2H3. The Morgan fingerprint density at radius 3 is 0.750 bits per heavy atom. The van der Waals surface area contributed by atoms with Crippen molar-refractivity contribution < 1.29 is 4.79 Å². The van der Waals surface area contributed by atoms with Crippen LogP contribution in [0.4, 0.5) is 0 Å². The zero-order valence-corrected chi connectivity index (χ0v) is 24.5. The fraction of sp³-hybridized carbons (Fsp3) is 0.968. The molecule has 0 atom stereocenters. The molecular weight excluding hydrogens is 388 g/mol. The smallest absolute Gasteiger partial charge is 0.129 e. The summed E-state index contributed by atoms with van der Waals surface area (Å²) in [7, 11) is 0. The van der Waals surface area contributed by atoms with Gasteiger partial charge in [-0.15, -0.1) is 0 Å². The lowest BCUT2D eigenvalue weighted by atomic mass is 10.1. The Hall–Kier alpha value is -0.330. The molecule has 198 valence electrons. The van der Waals surface area contributed by atoms with Crippen LogP contribution in [-0.2, 0) is 4.79 Å². The number of Topliss-reactive ketones (excluding diaryl/α,β-unsaturated/α-hetero) is 1. The van der Waals surface area contributed by atoms with Crippen LogP contribution >= 0.6 is 0 Å². The van der Waals surface area contributed by atoms with E-state index in [1.54, 1.807) is 6.92 Å². The fourth-order valence-corrected chi connectivity index (χ4v) is 3.18. The van der Waals surface area contributed by atoms with Crippen molar-refractivity contribution in [3.8, 4) is 0 Å². The molecule has 0 aromatic carbocycles. The molecule has 0 rings (SSSR count). The molecule has 1 nitrogen and oxygen atoms in total. The van der Waals surface area contributed by atoms with E-state index in [1.165, 1.54) is 128 Å². The maximum atomic E-state index is 10.5. The SMILES string of the molecule is CCCCCCC.CCCCCCC.CCCCCCC.CCCCCCCCC(C)=O. The van der Waals surface area contributed by atoms with E-state index in [4.69, 9.17) is 0 Å². The molecule has 0 aliphatic rings. The monoisotopic (exact) mass is 457 g/mol. The number of carbonyl (C=O) groups is 1. The molecule has 0 bridgehead atoms. The number of carbonyl (C=O) groups excluding carboxylic acids is 1. The van der Waals surface area contributed by atoms with E-state index >= 15 is 0 Å². The Morgan fingerprint density at radius 1 is 0.344 bits per heavy atom. The molecule has 0 aromatic rings. The van der Waals surface area contributed by atoms with Gasteiger partial charge < -0.3 is 4.79 Å². The van der Waals surface area contributed by atoms with Crippen LogP contribution in [0.15, 0.2) is 0 Å². The Balaban J connectivity index is -0.000000167. The van der Waals surface area contributed by atoms with Gasteiger partial charge in [0.2, 0.25) is 0 Å². The van der Waals surface area contributed by atoms with Gasteiger partial charge in [-0.05, 0) is 13.3 Å². The van der Waals surface area contributed by atoms with E-state index in [0.717, 1.165) is 12.8 Å². The van der Waals surface area contributed by atoms with E-state index in [1.807, 2.05) is 0 Å². The largest absolute Gasteiger partial charge is 0.300 e. The third-order valence-electron chi connectivity index (χ3n) is 5.50. The summed E-state index contributed by atoms with van der Waals surface area (Å²) in [6.07, 6.45) is 29.4. The maximum Gasteiger partial charge on any atom is 0.129 e. The van der Waals surface area contributed by atoms with Gasteiger partial charge in [0.1, 0.15) is 5.78 Å². The van der Waals surface area contributed by atoms with Gasteiger partial charge in [-0.2, -0.15) is 0 Å². The van der Waals surface area contributed by atoms with Crippen molar-refractivity contribution >= 4 is 5.78 Å². The second-order valence-corrected chi connectivity index (χ2v) is 9.40. The molecule has 0 saturated heterocycles. The van der Waals surface area contributed by atoms with Crippen LogP contribution in [0.5, 0.6) is 0 Å². The number of unbranched alkanes of at least 4 members (excludes halogenated alkanes) is 17. The Bertz CT molecular complexity index is 236. The van der Waals surface area contributed by atoms with Crippen molar-refractivity contribution in [2.75, 3.05) is 0 Å². The predicted molar refractivity (Wildman–Crippen MR) is 152 cm³/mol. The first-order valence-electron chi connectivity index (χ1n) is 15.0. The van der Waals surface area contributed by atoms with Crippen LogP contribution in [0.1, 0.15) is 197 Å². The molecular formula is C31H68O. The zero-order valence-electron chi connectivity index (χ0n) is 24.5. The molecule has 0 unspecified atom stereocenters. The van der Waals surface area contributed by atoms with Crippen LogP contribution in [0, 0.1) is 0 Å². The lowest BCUT2D eigenvalue weighted by Crippen LogP contribution is -1.88.